The maximum atomic E-state index is 6.93. The molecule has 6 nitrogen and oxygen atoms in total. The molecule has 0 N–H and O–H groups in total. The van der Waals surface area contributed by atoms with Crippen LogP contribution < -0.4 is 9.64 Å². The molecule has 72 heavy (non-hydrogen) atoms. The van der Waals surface area contributed by atoms with Crippen LogP contribution in [0.25, 0.3) is 83.3 Å². The van der Waals surface area contributed by atoms with E-state index in [1.165, 1.54) is 38.5 Å². The predicted molar refractivity (Wildman–Crippen MR) is 292 cm³/mol. The SMILES string of the molecule is CC(C)(C)c1ccnc(N2Cc3cc(-n4c5ccccc5c5ccccc54)ccc3-c3ccc(Oc4cccc(-n5[c](=[Pt])n(-c6c(-c7ccccc7)cccc6-c6ccccc6)c6ccccc65)c4)cc32)c1. The summed E-state index contributed by atoms with van der Waals surface area (Å²) in [7, 11) is 0. The first-order chi connectivity index (χ1) is 35.3. The summed E-state index contributed by atoms with van der Waals surface area (Å²) in [5, 5.41) is 2.50. The van der Waals surface area contributed by atoms with Crippen molar-refractivity contribution in [3.8, 4) is 61.9 Å². The summed E-state index contributed by atoms with van der Waals surface area (Å²) in [6, 6.07) is 80.4. The molecule has 0 aliphatic carbocycles. The van der Waals surface area contributed by atoms with Crippen LogP contribution in [0.4, 0.5) is 11.5 Å². The van der Waals surface area contributed by atoms with Crippen LogP contribution in [0.5, 0.6) is 11.5 Å². The van der Waals surface area contributed by atoms with Crippen LogP contribution in [0.1, 0.15) is 31.9 Å². The van der Waals surface area contributed by atoms with E-state index in [4.69, 9.17) is 9.72 Å². The molecule has 0 fully saturated rings. The minimum absolute atomic E-state index is 0.0501. The van der Waals surface area contributed by atoms with Crippen molar-refractivity contribution in [2.45, 2.75) is 32.7 Å². The van der Waals surface area contributed by atoms with Gasteiger partial charge in [0.25, 0.3) is 0 Å². The average Bonchev–Trinajstić information content (AvgIpc) is 3.91. The van der Waals surface area contributed by atoms with Crippen LogP contribution in [-0.4, -0.2) is 18.7 Å². The number of imidazole rings is 1. The van der Waals surface area contributed by atoms with Gasteiger partial charge >= 0.3 is 296 Å². The Morgan fingerprint density at radius 2 is 1.03 bits per heavy atom. The zero-order chi connectivity index (χ0) is 48.5. The Balaban J connectivity index is 0.916. The summed E-state index contributed by atoms with van der Waals surface area (Å²) in [6.07, 6.45) is 1.95. The Morgan fingerprint density at radius 1 is 0.458 bits per heavy atom. The topological polar surface area (TPSA) is 40.1 Å². The molecule has 13 rings (SSSR count). The van der Waals surface area contributed by atoms with Crippen LogP contribution in [0.15, 0.2) is 231 Å². The van der Waals surface area contributed by atoms with Crippen molar-refractivity contribution < 1.29 is 24.1 Å². The van der Waals surface area contributed by atoms with Gasteiger partial charge in [0.2, 0.25) is 0 Å². The van der Waals surface area contributed by atoms with Crippen molar-refractivity contribution in [1.82, 2.24) is 18.7 Å². The van der Waals surface area contributed by atoms with Gasteiger partial charge in [-0.1, -0.05) is 57.2 Å². The van der Waals surface area contributed by atoms with E-state index < -0.39 is 0 Å². The van der Waals surface area contributed by atoms with Crippen molar-refractivity contribution in [3.63, 3.8) is 0 Å². The fourth-order valence-corrected chi connectivity index (χ4v) is 11.8. The number of nitrogens with zero attached hydrogens (tertiary/aromatic N) is 5. The van der Waals surface area contributed by atoms with Gasteiger partial charge in [0.15, 0.2) is 0 Å². The van der Waals surface area contributed by atoms with E-state index in [2.05, 4.69) is 277 Å². The molecule has 1 aliphatic heterocycles. The van der Waals surface area contributed by atoms with Gasteiger partial charge in [-0.3, -0.25) is 0 Å². The predicted octanol–water partition coefficient (Wildman–Crippen LogP) is 16.7. The van der Waals surface area contributed by atoms with Gasteiger partial charge in [-0.05, 0) is 41.3 Å². The number of rotatable bonds is 8. The fourth-order valence-electron chi connectivity index (χ4n) is 10.7. The van der Waals surface area contributed by atoms with E-state index in [0.29, 0.717) is 6.54 Å². The summed E-state index contributed by atoms with van der Waals surface area (Å²) >= 11 is 2.51. The second kappa shape index (κ2) is 17.5. The van der Waals surface area contributed by atoms with E-state index in [-0.39, 0.29) is 5.41 Å². The Labute approximate surface area is 429 Å². The number of pyridine rings is 1. The summed E-state index contributed by atoms with van der Waals surface area (Å²) in [5.41, 5.74) is 18.3. The van der Waals surface area contributed by atoms with Crippen LogP contribution >= 0.6 is 0 Å². The van der Waals surface area contributed by atoms with E-state index in [0.717, 1.165) is 82.7 Å². The van der Waals surface area contributed by atoms with E-state index >= 15 is 0 Å². The van der Waals surface area contributed by atoms with Crippen molar-refractivity contribution in [1.29, 1.82) is 0 Å². The standard InChI is InChI=1S/C65H49N5O.Pt/c1-65(2,3)47-36-37-66-63(39-47)67-42-46-38-49(70-58-28-12-10-24-55(58)56-25-11-13-29-59(56)70)32-34-52(46)57-35-33-51(41-62(57)67)71-50-23-16-22-48(40-50)68-43-69(61-31-15-14-30-60(61)68)64-53(44-18-6-4-7-19-44)26-17-27-54(64)45-20-8-5-9-21-45;/h4-41H,42H2,1-3H3;. The summed E-state index contributed by atoms with van der Waals surface area (Å²) < 4.78 is 15.1. The molecular formula is C65H49N5OPt. The molecule has 0 bridgehead atoms. The van der Waals surface area contributed by atoms with Gasteiger partial charge < -0.3 is 4.57 Å². The average molecular weight is 1110 g/mol. The first-order valence-corrected chi connectivity index (χ1v) is 25.6. The molecule has 0 spiro atoms. The molecule has 0 saturated carbocycles. The van der Waals surface area contributed by atoms with Crippen molar-refractivity contribution in [2.24, 2.45) is 0 Å². The number of hydrogen-bond acceptors (Lipinski definition) is 3. The van der Waals surface area contributed by atoms with E-state index in [1.54, 1.807) is 0 Å². The number of aromatic nitrogens is 4. The molecule has 1 aliphatic rings. The third kappa shape index (κ3) is 7.45. The quantitative estimate of drug-likeness (QED) is 0.152. The Bertz CT molecular complexity index is 4010. The van der Waals surface area contributed by atoms with Gasteiger partial charge in [0.1, 0.15) is 0 Å². The Hall–Kier alpha value is -8.31. The monoisotopic (exact) mass is 1110 g/mol. The normalized spacial score (nSPS) is 12.4. The maximum absolute atomic E-state index is 6.93. The zero-order valence-electron chi connectivity index (χ0n) is 40.1. The second-order valence-electron chi connectivity index (χ2n) is 19.6. The molecule has 0 atom stereocenters. The van der Waals surface area contributed by atoms with Crippen LogP contribution in [0.2, 0.25) is 0 Å². The van der Waals surface area contributed by atoms with Crippen molar-refractivity contribution >= 4 is 44.3 Å². The summed E-state index contributed by atoms with van der Waals surface area (Å²) in [4.78, 5) is 7.40. The van der Waals surface area contributed by atoms with Crippen LogP contribution in [0, 0.1) is 3.80 Å². The van der Waals surface area contributed by atoms with Crippen LogP contribution in [-0.2, 0) is 31.3 Å². The molecule has 350 valence electrons. The number of ether oxygens (including phenoxy) is 1. The number of benzene rings is 9. The molecule has 0 radical (unpaired) electrons. The molecule has 12 aromatic rings. The van der Waals surface area contributed by atoms with E-state index in [1.807, 2.05) is 12.3 Å². The minimum atomic E-state index is -0.0501. The fraction of sp³-hybridized carbons (Fsp3) is 0.0769. The van der Waals surface area contributed by atoms with Crippen LogP contribution in [0.3, 0.4) is 0 Å². The second-order valence-corrected chi connectivity index (χ2v) is 20.6. The molecule has 0 amide bonds. The van der Waals surface area contributed by atoms with Gasteiger partial charge in [0, 0.05) is 22.7 Å². The van der Waals surface area contributed by atoms with Crippen molar-refractivity contribution in [3.05, 3.63) is 246 Å². The van der Waals surface area contributed by atoms with Gasteiger partial charge in [0.05, 0.1) is 11.0 Å². The van der Waals surface area contributed by atoms with Gasteiger partial charge in [-0.2, -0.15) is 0 Å². The number of hydrogen-bond donors (Lipinski definition) is 0. The molecule has 7 heteroatoms. The number of anilines is 2. The third-order valence-corrected chi connectivity index (χ3v) is 15.2. The third-order valence-electron chi connectivity index (χ3n) is 14.1. The van der Waals surface area contributed by atoms with Crippen molar-refractivity contribution in [2.75, 3.05) is 4.90 Å². The molecule has 4 heterocycles. The first-order valence-electron chi connectivity index (χ1n) is 24.5. The molecule has 9 aromatic carbocycles. The number of para-hydroxylation sites is 5. The summed E-state index contributed by atoms with van der Waals surface area (Å²) in [5.74, 6) is 2.40. The first kappa shape index (κ1) is 43.7. The molecular weight excluding hydrogens is 1060 g/mol. The number of fused-ring (bicyclic) bond motifs is 7. The van der Waals surface area contributed by atoms with Gasteiger partial charge in [-0.15, -0.1) is 0 Å². The molecule has 3 aromatic heterocycles. The molecule has 0 unspecified atom stereocenters. The summed E-state index contributed by atoms with van der Waals surface area (Å²) in [6.45, 7) is 7.41. The Morgan fingerprint density at radius 3 is 1.69 bits per heavy atom. The Kier molecular flexibility index (Phi) is 10.6. The zero-order valence-corrected chi connectivity index (χ0v) is 42.4. The molecule has 0 saturated heterocycles. The van der Waals surface area contributed by atoms with Gasteiger partial charge in [-0.25, -0.2) is 0 Å². The van der Waals surface area contributed by atoms with E-state index in [9.17, 15) is 0 Å².